The van der Waals surface area contributed by atoms with Gasteiger partial charge in [-0.25, -0.2) is 4.98 Å². The SMILES string of the molecule is CC(c1ccccc1)N(C)C(=O)COC(=O)Cn1cnc2c(cnn2C)c1=O. The van der Waals surface area contributed by atoms with Crippen molar-refractivity contribution in [3.05, 3.63) is 58.8 Å². The summed E-state index contributed by atoms with van der Waals surface area (Å²) in [5.74, 6) is -1.03. The van der Waals surface area contributed by atoms with E-state index in [1.807, 2.05) is 37.3 Å². The van der Waals surface area contributed by atoms with Crippen molar-refractivity contribution < 1.29 is 14.3 Å². The zero-order valence-corrected chi connectivity index (χ0v) is 15.9. The molecule has 0 N–H and O–H groups in total. The van der Waals surface area contributed by atoms with E-state index < -0.39 is 18.1 Å². The third-order valence-electron chi connectivity index (χ3n) is 4.63. The van der Waals surface area contributed by atoms with Crippen LogP contribution in [0.25, 0.3) is 11.0 Å². The number of nitrogens with zero attached hydrogens (tertiary/aromatic N) is 5. The van der Waals surface area contributed by atoms with Gasteiger partial charge in [0, 0.05) is 14.1 Å². The predicted molar refractivity (Wildman–Crippen MR) is 101 cm³/mol. The van der Waals surface area contributed by atoms with Gasteiger partial charge < -0.3 is 9.64 Å². The lowest BCUT2D eigenvalue weighted by Crippen LogP contribution is -2.34. The van der Waals surface area contributed by atoms with Gasteiger partial charge in [0.15, 0.2) is 12.3 Å². The van der Waals surface area contributed by atoms with Crippen LogP contribution < -0.4 is 5.56 Å². The molecule has 9 nitrogen and oxygen atoms in total. The van der Waals surface area contributed by atoms with Crippen molar-refractivity contribution in [3.8, 4) is 0 Å². The molecule has 146 valence electrons. The molecule has 28 heavy (non-hydrogen) atoms. The maximum Gasteiger partial charge on any atom is 0.326 e. The van der Waals surface area contributed by atoms with Crippen molar-refractivity contribution in [2.45, 2.75) is 19.5 Å². The monoisotopic (exact) mass is 383 g/mol. The van der Waals surface area contributed by atoms with Crippen LogP contribution in [0.1, 0.15) is 18.5 Å². The summed E-state index contributed by atoms with van der Waals surface area (Å²) in [6, 6.07) is 9.39. The first-order chi connectivity index (χ1) is 13.4. The van der Waals surface area contributed by atoms with Gasteiger partial charge in [0.05, 0.1) is 12.2 Å². The normalized spacial score (nSPS) is 12.0. The summed E-state index contributed by atoms with van der Waals surface area (Å²) in [5.41, 5.74) is 1.02. The standard InChI is InChI=1S/C19H21N5O4/c1-13(14-7-5-4-6-8-14)22(2)16(25)11-28-17(26)10-24-12-20-18-15(19(24)27)9-21-23(18)3/h4-9,12-13H,10-11H2,1-3H3. The maximum absolute atomic E-state index is 12.4. The van der Waals surface area contributed by atoms with Crippen LogP contribution in [0.2, 0.25) is 0 Å². The molecule has 9 heteroatoms. The average Bonchev–Trinajstić information content (AvgIpc) is 3.09. The number of hydrogen-bond acceptors (Lipinski definition) is 6. The van der Waals surface area contributed by atoms with Gasteiger partial charge in [-0.2, -0.15) is 5.10 Å². The van der Waals surface area contributed by atoms with Crippen molar-refractivity contribution in [2.75, 3.05) is 13.7 Å². The number of carbonyl (C=O) groups excluding carboxylic acids is 2. The Balaban J connectivity index is 1.59. The molecule has 2 aromatic heterocycles. The largest absolute Gasteiger partial charge is 0.454 e. The molecule has 3 rings (SSSR count). The van der Waals surface area contributed by atoms with E-state index in [0.29, 0.717) is 11.0 Å². The lowest BCUT2D eigenvalue weighted by molar-refractivity contribution is -0.152. The van der Waals surface area contributed by atoms with Crippen molar-refractivity contribution in [2.24, 2.45) is 7.05 Å². The van der Waals surface area contributed by atoms with Crippen LogP contribution in [0.15, 0.2) is 47.7 Å². The van der Waals surface area contributed by atoms with Crippen LogP contribution in [0.4, 0.5) is 0 Å². The molecule has 2 heterocycles. The van der Waals surface area contributed by atoms with Crippen LogP contribution in [-0.2, 0) is 27.9 Å². The molecule has 0 radical (unpaired) electrons. The molecule has 0 aliphatic heterocycles. The minimum absolute atomic E-state index is 0.160. The third-order valence-corrected chi connectivity index (χ3v) is 4.63. The molecule has 1 amide bonds. The number of amides is 1. The van der Waals surface area contributed by atoms with Crippen molar-refractivity contribution >= 4 is 22.9 Å². The summed E-state index contributed by atoms with van der Waals surface area (Å²) < 4.78 is 7.65. The van der Waals surface area contributed by atoms with Crippen molar-refractivity contribution in [1.82, 2.24) is 24.2 Å². The molecule has 0 spiro atoms. The smallest absolute Gasteiger partial charge is 0.326 e. The number of esters is 1. The van der Waals surface area contributed by atoms with Gasteiger partial charge in [-0.1, -0.05) is 30.3 Å². The van der Waals surface area contributed by atoms with Crippen LogP contribution in [0.3, 0.4) is 0 Å². The van der Waals surface area contributed by atoms with Crippen LogP contribution in [-0.4, -0.2) is 49.8 Å². The maximum atomic E-state index is 12.4. The van der Waals surface area contributed by atoms with Gasteiger partial charge in [-0.15, -0.1) is 0 Å². The number of aromatic nitrogens is 4. The van der Waals surface area contributed by atoms with Gasteiger partial charge in [0.25, 0.3) is 11.5 Å². The summed E-state index contributed by atoms with van der Waals surface area (Å²) in [7, 11) is 3.32. The Morgan fingerprint density at radius 2 is 1.96 bits per heavy atom. The lowest BCUT2D eigenvalue weighted by atomic mass is 10.1. The Bertz CT molecular complexity index is 1060. The highest BCUT2D eigenvalue weighted by Crippen LogP contribution is 2.18. The zero-order chi connectivity index (χ0) is 20.3. The van der Waals surface area contributed by atoms with Gasteiger partial charge in [0.2, 0.25) is 0 Å². The number of fused-ring (bicyclic) bond motifs is 1. The van der Waals surface area contributed by atoms with E-state index in [1.54, 1.807) is 14.1 Å². The fraction of sp³-hybridized carbons (Fsp3) is 0.316. The van der Waals surface area contributed by atoms with E-state index in [9.17, 15) is 14.4 Å². The van der Waals surface area contributed by atoms with Crippen molar-refractivity contribution in [1.29, 1.82) is 0 Å². The number of benzene rings is 1. The molecule has 3 aromatic rings. The highest BCUT2D eigenvalue weighted by atomic mass is 16.5. The summed E-state index contributed by atoms with van der Waals surface area (Å²) in [5, 5.41) is 4.28. The van der Waals surface area contributed by atoms with E-state index >= 15 is 0 Å². The molecule has 1 unspecified atom stereocenters. The molecule has 0 aliphatic rings. The lowest BCUT2D eigenvalue weighted by Gasteiger charge is -2.25. The number of likely N-dealkylation sites (N-methyl/N-ethyl adjacent to an activating group) is 1. The molecule has 1 aromatic carbocycles. The van der Waals surface area contributed by atoms with Gasteiger partial charge in [-0.05, 0) is 12.5 Å². The molecular weight excluding hydrogens is 362 g/mol. The fourth-order valence-electron chi connectivity index (χ4n) is 2.78. The Morgan fingerprint density at radius 3 is 2.68 bits per heavy atom. The molecular formula is C19H21N5O4. The Morgan fingerprint density at radius 1 is 1.25 bits per heavy atom. The summed E-state index contributed by atoms with van der Waals surface area (Å²) in [6.45, 7) is 1.16. The summed E-state index contributed by atoms with van der Waals surface area (Å²) >= 11 is 0. The second-order valence-corrected chi connectivity index (χ2v) is 6.44. The van der Waals surface area contributed by atoms with E-state index in [4.69, 9.17) is 4.74 Å². The van der Waals surface area contributed by atoms with Crippen LogP contribution >= 0.6 is 0 Å². The summed E-state index contributed by atoms with van der Waals surface area (Å²) in [6.07, 6.45) is 2.66. The first kappa shape index (κ1) is 19.3. The van der Waals surface area contributed by atoms with Gasteiger partial charge in [0.1, 0.15) is 18.3 Å². The van der Waals surface area contributed by atoms with Gasteiger partial charge >= 0.3 is 5.97 Å². The first-order valence-electron chi connectivity index (χ1n) is 8.72. The third kappa shape index (κ3) is 3.93. The molecule has 1 atom stereocenters. The van der Waals surface area contributed by atoms with E-state index in [2.05, 4.69) is 10.1 Å². The highest BCUT2D eigenvalue weighted by molar-refractivity contribution is 5.81. The van der Waals surface area contributed by atoms with Gasteiger partial charge in [-0.3, -0.25) is 23.6 Å². The zero-order valence-electron chi connectivity index (χ0n) is 15.9. The molecule has 0 bridgehead atoms. The number of carbonyl (C=O) groups is 2. The minimum atomic E-state index is -0.693. The Kier molecular flexibility index (Phi) is 5.53. The number of hydrogen-bond donors (Lipinski definition) is 0. The number of rotatable bonds is 6. The Hall–Kier alpha value is -3.49. The molecule has 0 saturated heterocycles. The fourth-order valence-corrected chi connectivity index (χ4v) is 2.78. The minimum Gasteiger partial charge on any atom is -0.454 e. The first-order valence-corrected chi connectivity index (χ1v) is 8.72. The molecule has 0 aliphatic carbocycles. The second kappa shape index (κ2) is 8.03. The topological polar surface area (TPSA) is 99.3 Å². The second-order valence-electron chi connectivity index (χ2n) is 6.44. The quantitative estimate of drug-likeness (QED) is 0.586. The van der Waals surface area contributed by atoms with Crippen LogP contribution in [0, 0.1) is 0 Å². The highest BCUT2D eigenvalue weighted by Gasteiger charge is 2.19. The molecule has 0 fully saturated rings. The van der Waals surface area contributed by atoms with Crippen LogP contribution in [0.5, 0.6) is 0 Å². The van der Waals surface area contributed by atoms with E-state index in [-0.39, 0.29) is 18.5 Å². The predicted octanol–water partition coefficient (Wildman–Crippen LogP) is 0.893. The van der Waals surface area contributed by atoms with Crippen molar-refractivity contribution in [3.63, 3.8) is 0 Å². The number of ether oxygens (including phenoxy) is 1. The number of aryl methyl sites for hydroxylation is 1. The Labute approximate surface area is 161 Å². The van der Waals surface area contributed by atoms with E-state index in [1.165, 1.54) is 22.1 Å². The molecule has 0 saturated carbocycles. The van der Waals surface area contributed by atoms with E-state index in [0.717, 1.165) is 10.1 Å². The average molecular weight is 383 g/mol. The summed E-state index contributed by atoms with van der Waals surface area (Å²) in [4.78, 5) is 42.4.